The lowest BCUT2D eigenvalue weighted by Gasteiger charge is -2.38. The zero-order valence-electron chi connectivity index (χ0n) is 13.1. The highest BCUT2D eigenvalue weighted by Crippen LogP contribution is 2.08. The van der Waals surface area contributed by atoms with Gasteiger partial charge in [-0.15, -0.1) is 0 Å². The summed E-state index contributed by atoms with van der Waals surface area (Å²) in [4.78, 5) is 5.05. The topological polar surface area (TPSA) is 41.7 Å². The van der Waals surface area contributed by atoms with Crippen molar-refractivity contribution < 1.29 is 4.74 Å². The Balaban J connectivity index is 2.06. The maximum Gasteiger partial charge on any atom is 0.0593 e. The van der Waals surface area contributed by atoms with Gasteiger partial charge in [-0.2, -0.15) is 0 Å². The summed E-state index contributed by atoms with van der Waals surface area (Å²) < 4.78 is 5.69. The third kappa shape index (κ3) is 6.70. The van der Waals surface area contributed by atoms with Gasteiger partial charge in [0.15, 0.2) is 0 Å². The highest BCUT2D eigenvalue weighted by atomic mass is 16.5. The molecule has 0 bridgehead atoms. The van der Waals surface area contributed by atoms with E-state index in [0.29, 0.717) is 6.04 Å². The number of rotatable bonds is 9. The van der Waals surface area contributed by atoms with Crippen LogP contribution in [0.4, 0.5) is 0 Å². The summed E-state index contributed by atoms with van der Waals surface area (Å²) in [5.41, 5.74) is 5.81. The Kier molecular flexibility index (Phi) is 8.62. The molecule has 1 fully saturated rings. The first-order valence-electron chi connectivity index (χ1n) is 7.91. The highest BCUT2D eigenvalue weighted by molar-refractivity contribution is 4.78. The Morgan fingerprint density at radius 2 is 1.79 bits per heavy atom. The molecule has 1 aliphatic rings. The minimum absolute atomic E-state index is 0.574. The summed E-state index contributed by atoms with van der Waals surface area (Å²) in [5.74, 6) is 0.741. The van der Waals surface area contributed by atoms with Crippen LogP contribution in [0.15, 0.2) is 0 Å². The van der Waals surface area contributed by atoms with E-state index in [1.54, 1.807) is 0 Å². The molecule has 0 aromatic rings. The lowest BCUT2D eigenvalue weighted by molar-refractivity contribution is 0.0586. The molecule has 0 saturated carbocycles. The lowest BCUT2D eigenvalue weighted by atomic mass is 10.1. The second-order valence-electron chi connectivity index (χ2n) is 5.97. The Morgan fingerprint density at radius 1 is 1.11 bits per heavy atom. The van der Waals surface area contributed by atoms with Crippen LogP contribution in [0.3, 0.4) is 0 Å². The van der Waals surface area contributed by atoms with Crippen molar-refractivity contribution >= 4 is 0 Å². The maximum atomic E-state index is 5.81. The van der Waals surface area contributed by atoms with Crippen LogP contribution in [0, 0.1) is 5.92 Å². The fourth-order valence-corrected chi connectivity index (χ4v) is 2.54. The molecule has 1 atom stereocenters. The van der Waals surface area contributed by atoms with Gasteiger partial charge in [0, 0.05) is 51.9 Å². The molecule has 4 nitrogen and oxygen atoms in total. The van der Waals surface area contributed by atoms with Gasteiger partial charge in [-0.1, -0.05) is 20.8 Å². The van der Waals surface area contributed by atoms with Crippen LogP contribution in [0.5, 0.6) is 0 Å². The van der Waals surface area contributed by atoms with Gasteiger partial charge in [0.25, 0.3) is 0 Å². The Hall–Kier alpha value is -0.160. The molecule has 2 N–H and O–H groups in total. The predicted molar refractivity (Wildman–Crippen MR) is 81.4 cm³/mol. The molecule has 114 valence electrons. The number of hydrogen-bond acceptors (Lipinski definition) is 4. The van der Waals surface area contributed by atoms with Crippen LogP contribution in [0.1, 0.15) is 33.6 Å². The number of piperazine rings is 1. The molecule has 0 amide bonds. The second-order valence-corrected chi connectivity index (χ2v) is 5.97. The molecule has 1 saturated heterocycles. The molecular formula is C15H33N3O. The van der Waals surface area contributed by atoms with Crippen LogP contribution in [-0.4, -0.2) is 68.3 Å². The molecule has 0 aliphatic carbocycles. The molecule has 4 heteroatoms. The van der Waals surface area contributed by atoms with Gasteiger partial charge in [-0.25, -0.2) is 0 Å². The number of nitrogens with zero attached hydrogens (tertiary/aromatic N) is 2. The second kappa shape index (κ2) is 9.70. The summed E-state index contributed by atoms with van der Waals surface area (Å²) in [6, 6.07) is 0.574. The monoisotopic (exact) mass is 271 g/mol. The van der Waals surface area contributed by atoms with Crippen LogP contribution >= 0.6 is 0 Å². The SMILES string of the molecule is CCC(CN)N1CCN(CCOCCC(C)C)CC1. The van der Waals surface area contributed by atoms with Gasteiger partial charge < -0.3 is 10.5 Å². The van der Waals surface area contributed by atoms with E-state index in [0.717, 1.165) is 64.8 Å². The van der Waals surface area contributed by atoms with E-state index in [1.807, 2.05) is 0 Å². The van der Waals surface area contributed by atoms with Gasteiger partial charge in [0.1, 0.15) is 0 Å². The quantitative estimate of drug-likeness (QED) is 0.644. The zero-order valence-corrected chi connectivity index (χ0v) is 13.1. The Bertz CT molecular complexity index is 211. The van der Waals surface area contributed by atoms with E-state index in [-0.39, 0.29) is 0 Å². The number of ether oxygens (including phenoxy) is 1. The van der Waals surface area contributed by atoms with Crippen molar-refractivity contribution in [3.63, 3.8) is 0 Å². The average molecular weight is 271 g/mol. The number of hydrogen-bond donors (Lipinski definition) is 1. The minimum Gasteiger partial charge on any atom is -0.380 e. The standard InChI is InChI=1S/C15H33N3O/c1-4-15(13-16)18-8-6-17(7-9-18)10-12-19-11-5-14(2)3/h14-15H,4-13,16H2,1-3H3. The van der Waals surface area contributed by atoms with Crippen molar-refractivity contribution in [3.05, 3.63) is 0 Å². The Morgan fingerprint density at radius 3 is 2.32 bits per heavy atom. The third-order valence-corrected chi connectivity index (χ3v) is 4.06. The van der Waals surface area contributed by atoms with Crippen LogP contribution in [-0.2, 0) is 4.74 Å². The van der Waals surface area contributed by atoms with Crippen molar-refractivity contribution in [2.45, 2.75) is 39.7 Å². The Labute approximate surface area is 119 Å². The van der Waals surface area contributed by atoms with Crippen LogP contribution in [0.2, 0.25) is 0 Å². The highest BCUT2D eigenvalue weighted by Gasteiger charge is 2.21. The van der Waals surface area contributed by atoms with Crippen molar-refractivity contribution in [2.75, 3.05) is 52.5 Å². The fourth-order valence-electron chi connectivity index (χ4n) is 2.54. The van der Waals surface area contributed by atoms with E-state index < -0.39 is 0 Å². The largest absolute Gasteiger partial charge is 0.380 e. The summed E-state index contributed by atoms with van der Waals surface area (Å²) >= 11 is 0. The summed E-state index contributed by atoms with van der Waals surface area (Å²) in [7, 11) is 0. The first-order valence-corrected chi connectivity index (χ1v) is 7.91. The maximum absolute atomic E-state index is 5.81. The van der Waals surface area contributed by atoms with Gasteiger partial charge in [-0.3, -0.25) is 9.80 Å². The van der Waals surface area contributed by atoms with Crippen molar-refractivity contribution in [1.29, 1.82) is 0 Å². The molecule has 0 spiro atoms. The first-order chi connectivity index (χ1) is 9.17. The van der Waals surface area contributed by atoms with Crippen LogP contribution < -0.4 is 5.73 Å². The zero-order chi connectivity index (χ0) is 14.1. The summed E-state index contributed by atoms with van der Waals surface area (Å²) in [5, 5.41) is 0. The minimum atomic E-state index is 0.574. The molecule has 0 aromatic heterocycles. The normalized spacial score (nSPS) is 20.1. The third-order valence-electron chi connectivity index (χ3n) is 4.06. The van der Waals surface area contributed by atoms with E-state index in [9.17, 15) is 0 Å². The molecule has 19 heavy (non-hydrogen) atoms. The van der Waals surface area contributed by atoms with Gasteiger partial charge in [-0.05, 0) is 18.8 Å². The molecule has 0 aromatic carbocycles. The van der Waals surface area contributed by atoms with E-state index >= 15 is 0 Å². The summed E-state index contributed by atoms with van der Waals surface area (Å²) in [6.45, 7) is 15.0. The molecular weight excluding hydrogens is 238 g/mol. The van der Waals surface area contributed by atoms with Crippen molar-refractivity contribution in [1.82, 2.24) is 9.80 Å². The molecule has 1 aliphatic heterocycles. The van der Waals surface area contributed by atoms with Crippen molar-refractivity contribution in [3.8, 4) is 0 Å². The van der Waals surface area contributed by atoms with Gasteiger partial charge in [0.05, 0.1) is 6.61 Å². The van der Waals surface area contributed by atoms with Crippen molar-refractivity contribution in [2.24, 2.45) is 11.7 Å². The molecule has 1 heterocycles. The fraction of sp³-hybridized carbons (Fsp3) is 1.00. The van der Waals surface area contributed by atoms with Crippen LogP contribution in [0.25, 0.3) is 0 Å². The smallest absolute Gasteiger partial charge is 0.0593 e. The number of nitrogens with two attached hydrogens (primary N) is 1. The molecule has 1 rings (SSSR count). The van der Waals surface area contributed by atoms with E-state index in [2.05, 4.69) is 30.6 Å². The van der Waals surface area contributed by atoms with Gasteiger partial charge in [0.2, 0.25) is 0 Å². The van der Waals surface area contributed by atoms with E-state index in [4.69, 9.17) is 10.5 Å². The summed E-state index contributed by atoms with van der Waals surface area (Å²) in [6.07, 6.45) is 2.33. The first kappa shape index (κ1) is 16.9. The predicted octanol–water partition coefficient (Wildman–Crippen LogP) is 1.40. The van der Waals surface area contributed by atoms with Gasteiger partial charge >= 0.3 is 0 Å². The average Bonchev–Trinajstić information content (AvgIpc) is 2.41. The lowest BCUT2D eigenvalue weighted by Crippen LogP contribution is -2.52. The van der Waals surface area contributed by atoms with E-state index in [1.165, 1.54) is 6.42 Å². The molecule has 0 radical (unpaired) electrons. The molecule has 1 unspecified atom stereocenters.